The van der Waals surface area contributed by atoms with Crippen LogP contribution in [-0.2, 0) is 6.54 Å². The van der Waals surface area contributed by atoms with E-state index in [9.17, 15) is 10.1 Å². The molecule has 0 aliphatic carbocycles. The number of rotatable bonds is 5. The summed E-state index contributed by atoms with van der Waals surface area (Å²) in [5.41, 5.74) is 2.08. The average molecular weight is 359 g/mol. The summed E-state index contributed by atoms with van der Waals surface area (Å²) in [5.74, 6) is 0. The summed E-state index contributed by atoms with van der Waals surface area (Å²) in [5, 5.41) is 17.9. The zero-order valence-corrected chi connectivity index (χ0v) is 14.5. The first kappa shape index (κ1) is 17.4. The average Bonchev–Trinajstić information content (AvgIpc) is 2.63. The zero-order chi connectivity index (χ0) is 17.6. The van der Waals surface area contributed by atoms with Crippen LogP contribution in [0.4, 0.5) is 5.69 Å². The predicted molar refractivity (Wildman–Crippen MR) is 99.0 cm³/mol. The number of hydrazone groups is 1. The first-order valence-corrected chi connectivity index (χ1v) is 8.49. The fraction of sp³-hybridized carbons (Fsp3) is 0.278. The number of non-ortho nitro benzene ring substituents is 1. The van der Waals surface area contributed by atoms with Crippen molar-refractivity contribution in [3.8, 4) is 0 Å². The molecule has 6 nitrogen and oxygen atoms in total. The molecule has 1 heterocycles. The zero-order valence-electron chi connectivity index (χ0n) is 13.7. The maximum absolute atomic E-state index is 10.7. The molecule has 0 aromatic heterocycles. The summed E-state index contributed by atoms with van der Waals surface area (Å²) in [6.45, 7) is 4.37. The van der Waals surface area contributed by atoms with Gasteiger partial charge >= 0.3 is 0 Å². The van der Waals surface area contributed by atoms with Crippen LogP contribution in [0, 0.1) is 10.1 Å². The number of nitrogens with zero attached hydrogens (tertiary/aromatic N) is 4. The van der Waals surface area contributed by atoms with Crippen LogP contribution in [0.5, 0.6) is 0 Å². The minimum absolute atomic E-state index is 0.0883. The molecule has 1 saturated heterocycles. The third-order valence-corrected chi connectivity index (χ3v) is 4.54. The number of benzene rings is 2. The van der Waals surface area contributed by atoms with E-state index in [-0.39, 0.29) is 5.69 Å². The van der Waals surface area contributed by atoms with Gasteiger partial charge < -0.3 is 0 Å². The molecule has 0 spiro atoms. The van der Waals surface area contributed by atoms with E-state index in [0.717, 1.165) is 48.9 Å². The summed E-state index contributed by atoms with van der Waals surface area (Å²) in [6.07, 6.45) is 1.74. The van der Waals surface area contributed by atoms with Crippen LogP contribution in [0.15, 0.2) is 53.6 Å². The third-order valence-electron chi connectivity index (χ3n) is 4.17. The van der Waals surface area contributed by atoms with Crippen molar-refractivity contribution in [2.75, 3.05) is 26.2 Å². The molecule has 3 rings (SSSR count). The molecule has 1 aliphatic rings. The van der Waals surface area contributed by atoms with E-state index in [1.807, 2.05) is 23.2 Å². The summed E-state index contributed by atoms with van der Waals surface area (Å²) in [6, 6.07) is 14.3. The highest BCUT2D eigenvalue weighted by Gasteiger charge is 2.16. The Labute approximate surface area is 151 Å². The van der Waals surface area contributed by atoms with E-state index < -0.39 is 4.92 Å². The van der Waals surface area contributed by atoms with Gasteiger partial charge in [-0.25, -0.2) is 0 Å². The summed E-state index contributed by atoms with van der Waals surface area (Å²) >= 11 is 6.22. The van der Waals surface area contributed by atoms with Gasteiger partial charge in [-0.2, -0.15) is 5.10 Å². The maximum Gasteiger partial charge on any atom is 0.269 e. The molecule has 0 saturated carbocycles. The summed E-state index contributed by atoms with van der Waals surface area (Å²) < 4.78 is 0. The van der Waals surface area contributed by atoms with Crippen molar-refractivity contribution >= 4 is 23.5 Å². The highest BCUT2D eigenvalue weighted by atomic mass is 35.5. The van der Waals surface area contributed by atoms with Gasteiger partial charge in [-0.05, 0) is 29.3 Å². The minimum atomic E-state index is -0.404. The lowest BCUT2D eigenvalue weighted by molar-refractivity contribution is -0.384. The van der Waals surface area contributed by atoms with Gasteiger partial charge in [-0.3, -0.25) is 20.0 Å². The van der Waals surface area contributed by atoms with E-state index in [1.165, 1.54) is 12.1 Å². The highest BCUT2D eigenvalue weighted by Crippen LogP contribution is 2.18. The molecule has 1 fully saturated rings. The van der Waals surface area contributed by atoms with Crippen LogP contribution in [-0.4, -0.2) is 47.2 Å². The van der Waals surface area contributed by atoms with Gasteiger partial charge in [0.15, 0.2) is 0 Å². The van der Waals surface area contributed by atoms with Crippen molar-refractivity contribution in [1.29, 1.82) is 0 Å². The summed E-state index contributed by atoms with van der Waals surface area (Å²) in [4.78, 5) is 12.6. The van der Waals surface area contributed by atoms with E-state index in [4.69, 9.17) is 11.6 Å². The van der Waals surface area contributed by atoms with Crippen LogP contribution >= 0.6 is 11.6 Å². The first-order chi connectivity index (χ1) is 12.1. The van der Waals surface area contributed by atoms with Crippen molar-refractivity contribution in [3.63, 3.8) is 0 Å². The molecule has 7 heteroatoms. The summed E-state index contributed by atoms with van der Waals surface area (Å²) in [7, 11) is 0. The Morgan fingerprint density at radius 2 is 1.76 bits per heavy atom. The monoisotopic (exact) mass is 358 g/mol. The van der Waals surface area contributed by atoms with Gasteiger partial charge in [-0.1, -0.05) is 29.8 Å². The number of halogens is 1. The van der Waals surface area contributed by atoms with E-state index in [1.54, 1.807) is 18.3 Å². The molecule has 0 unspecified atom stereocenters. The van der Waals surface area contributed by atoms with Gasteiger partial charge in [0.05, 0.1) is 11.1 Å². The molecule has 2 aromatic carbocycles. The normalized spacial score (nSPS) is 15.6. The van der Waals surface area contributed by atoms with Gasteiger partial charge in [-0.15, -0.1) is 0 Å². The van der Waals surface area contributed by atoms with Crippen molar-refractivity contribution in [2.24, 2.45) is 5.10 Å². The Kier molecular flexibility index (Phi) is 5.63. The van der Waals surface area contributed by atoms with E-state index in [2.05, 4.69) is 16.1 Å². The second kappa shape index (κ2) is 8.09. The first-order valence-electron chi connectivity index (χ1n) is 8.11. The fourth-order valence-electron chi connectivity index (χ4n) is 2.71. The van der Waals surface area contributed by atoms with Gasteiger partial charge in [0.25, 0.3) is 5.69 Å². The van der Waals surface area contributed by atoms with Crippen molar-refractivity contribution in [3.05, 3.63) is 74.8 Å². The molecule has 0 radical (unpaired) electrons. The van der Waals surface area contributed by atoms with Gasteiger partial charge in [0.2, 0.25) is 0 Å². The molecular weight excluding hydrogens is 340 g/mol. The topological polar surface area (TPSA) is 62.0 Å². The lowest BCUT2D eigenvalue weighted by atomic mass is 10.2. The lowest BCUT2D eigenvalue weighted by Gasteiger charge is -2.33. The smallest absolute Gasteiger partial charge is 0.269 e. The minimum Gasteiger partial charge on any atom is -0.295 e. The van der Waals surface area contributed by atoms with Crippen LogP contribution < -0.4 is 0 Å². The van der Waals surface area contributed by atoms with E-state index >= 15 is 0 Å². The molecule has 2 aromatic rings. The molecule has 25 heavy (non-hydrogen) atoms. The Morgan fingerprint density at radius 3 is 2.40 bits per heavy atom. The standard InChI is InChI=1S/C18H19ClN4O2/c19-18-4-2-1-3-16(18)14-21-9-11-22(12-10-21)20-13-15-5-7-17(8-6-15)23(24)25/h1-8,13H,9-12,14H2/b20-13+. The van der Waals surface area contributed by atoms with Crippen molar-refractivity contribution in [2.45, 2.75) is 6.54 Å². The Balaban J connectivity index is 1.50. The number of piperazine rings is 1. The highest BCUT2D eigenvalue weighted by molar-refractivity contribution is 6.31. The number of hydrogen-bond donors (Lipinski definition) is 0. The van der Waals surface area contributed by atoms with Crippen LogP contribution in [0.25, 0.3) is 0 Å². The van der Waals surface area contributed by atoms with Gasteiger partial charge in [0.1, 0.15) is 0 Å². The predicted octanol–water partition coefficient (Wildman–Crippen LogP) is 3.40. The third kappa shape index (κ3) is 4.78. The maximum atomic E-state index is 10.7. The molecule has 0 atom stereocenters. The SMILES string of the molecule is O=[N+]([O-])c1ccc(/C=N/N2CCN(Cc3ccccc3Cl)CC2)cc1. The quantitative estimate of drug-likeness (QED) is 0.467. The largest absolute Gasteiger partial charge is 0.295 e. The Bertz CT molecular complexity index is 756. The number of nitro groups is 1. The van der Waals surface area contributed by atoms with Crippen molar-refractivity contribution < 1.29 is 4.92 Å². The number of hydrogen-bond acceptors (Lipinski definition) is 5. The fourth-order valence-corrected chi connectivity index (χ4v) is 2.90. The molecular formula is C18H19ClN4O2. The molecule has 1 aliphatic heterocycles. The Morgan fingerprint density at radius 1 is 1.08 bits per heavy atom. The molecule has 0 N–H and O–H groups in total. The van der Waals surface area contributed by atoms with E-state index in [0.29, 0.717) is 0 Å². The van der Waals surface area contributed by atoms with Crippen molar-refractivity contribution in [1.82, 2.24) is 9.91 Å². The van der Waals surface area contributed by atoms with Crippen LogP contribution in [0.2, 0.25) is 5.02 Å². The Hall–Kier alpha value is -2.44. The lowest BCUT2D eigenvalue weighted by Crippen LogP contribution is -2.43. The van der Waals surface area contributed by atoms with Crippen LogP contribution in [0.3, 0.4) is 0 Å². The molecule has 0 amide bonds. The molecule has 130 valence electrons. The van der Waals surface area contributed by atoms with Gasteiger partial charge in [0, 0.05) is 49.9 Å². The second-order valence-electron chi connectivity index (χ2n) is 5.91. The second-order valence-corrected chi connectivity index (χ2v) is 6.32. The van der Waals surface area contributed by atoms with Crippen LogP contribution in [0.1, 0.15) is 11.1 Å². The number of nitro benzene ring substituents is 1. The molecule has 0 bridgehead atoms.